The second kappa shape index (κ2) is 10.2. The Bertz CT molecular complexity index is 676. The van der Waals surface area contributed by atoms with Crippen molar-refractivity contribution in [1.29, 1.82) is 0 Å². The third kappa shape index (κ3) is 5.68. The van der Waals surface area contributed by atoms with Crippen molar-refractivity contribution in [2.45, 2.75) is 18.3 Å². The van der Waals surface area contributed by atoms with Crippen LogP contribution in [0.3, 0.4) is 0 Å². The maximum Gasteiger partial charge on any atom is 0.232 e. The Hall–Kier alpha value is -1.64. The van der Waals surface area contributed by atoms with Gasteiger partial charge in [-0.05, 0) is 30.5 Å². The highest BCUT2D eigenvalue weighted by molar-refractivity contribution is 8.00. The number of nitrogens with zero attached hydrogens (tertiary/aromatic N) is 1. The molecule has 6 nitrogen and oxygen atoms in total. The summed E-state index contributed by atoms with van der Waals surface area (Å²) < 4.78 is 24.4. The van der Waals surface area contributed by atoms with E-state index in [1.807, 2.05) is 6.07 Å². The van der Waals surface area contributed by atoms with Crippen LogP contribution in [0.5, 0.6) is 0 Å². The van der Waals surface area contributed by atoms with Crippen LogP contribution in [0.1, 0.15) is 18.4 Å². The molecule has 0 bridgehead atoms. The predicted molar refractivity (Wildman–Crippen MR) is 106 cm³/mol. The molecule has 0 unspecified atom stereocenters. The molecule has 8 heteroatoms. The van der Waals surface area contributed by atoms with Crippen molar-refractivity contribution in [2.24, 2.45) is 0 Å². The van der Waals surface area contributed by atoms with Crippen molar-refractivity contribution >= 4 is 23.6 Å². The number of carbonyl (C=O) groups excluding carboxylic acids is 2. The summed E-state index contributed by atoms with van der Waals surface area (Å²) in [7, 11) is 0. The van der Waals surface area contributed by atoms with Gasteiger partial charge < -0.3 is 19.7 Å². The van der Waals surface area contributed by atoms with Crippen molar-refractivity contribution in [3.05, 3.63) is 35.6 Å². The number of rotatable bonds is 7. The summed E-state index contributed by atoms with van der Waals surface area (Å²) in [5, 5.41) is 2.98. The number of thioether (sulfide) groups is 1. The van der Waals surface area contributed by atoms with E-state index < -0.39 is 0 Å². The molecule has 2 amide bonds. The fourth-order valence-electron chi connectivity index (χ4n) is 3.60. The van der Waals surface area contributed by atoms with Crippen LogP contribution in [0.2, 0.25) is 0 Å². The third-order valence-corrected chi connectivity index (χ3v) is 6.25. The van der Waals surface area contributed by atoms with Gasteiger partial charge in [-0.15, -0.1) is 11.8 Å². The fraction of sp³-hybridized carbons (Fsp3) is 0.600. The van der Waals surface area contributed by atoms with Crippen molar-refractivity contribution in [2.75, 3.05) is 57.6 Å². The normalized spacial score (nSPS) is 19.2. The van der Waals surface area contributed by atoms with Gasteiger partial charge in [-0.2, -0.15) is 0 Å². The molecule has 0 aromatic heterocycles. The van der Waals surface area contributed by atoms with Crippen molar-refractivity contribution in [3.8, 4) is 0 Å². The molecule has 1 aromatic carbocycles. The van der Waals surface area contributed by atoms with E-state index in [0.29, 0.717) is 46.1 Å². The standard InChI is InChI=1S/C20H27FN2O4S/c21-17-3-1-2-16(12-17)20(4-8-26-9-5-20)15-22-18(24)13-28-14-19(25)23-6-10-27-11-7-23/h1-3,12H,4-11,13-15H2,(H,22,24). The van der Waals surface area contributed by atoms with Crippen molar-refractivity contribution in [1.82, 2.24) is 10.2 Å². The smallest absolute Gasteiger partial charge is 0.232 e. The summed E-state index contributed by atoms with van der Waals surface area (Å²) in [6.07, 6.45) is 1.47. The number of amides is 2. The topological polar surface area (TPSA) is 67.9 Å². The quantitative estimate of drug-likeness (QED) is 0.739. The van der Waals surface area contributed by atoms with E-state index in [2.05, 4.69) is 5.32 Å². The highest BCUT2D eigenvalue weighted by Crippen LogP contribution is 2.34. The van der Waals surface area contributed by atoms with Crippen LogP contribution in [0.4, 0.5) is 4.39 Å². The lowest BCUT2D eigenvalue weighted by Crippen LogP contribution is -2.45. The maximum absolute atomic E-state index is 13.7. The number of ether oxygens (including phenoxy) is 2. The summed E-state index contributed by atoms with van der Waals surface area (Å²) in [4.78, 5) is 26.2. The van der Waals surface area contributed by atoms with Crippen LogP contribution in [0.15, 0.2) is 24.3 Å². The molecule has 1 N–H and O–H groups in total. The van der Waals surface area contributed by atoms with E-state index in [1.54, 1.807) is 17.0 Å². The molecular formula is C20H27FN2O4S. The third-order valence-electron chi connectivity index (χ3n) is 5.33. The molecule has 2 fully saturated rings. The Kier molecular flexibility index (Phi) is 7.70. The van der Waals surface area contributed by atoms with Crippen LogP contribution in [0, 0.1) is 5.82 Å². The zero-order valence-corrected chi connectivity index (χ0v) is 16.8. The number of morpholine rings is 1. The van der Waals surface area contributed by atoms with Gasteiger partial charge in [-0.25, -0.2) is 4.39 Å². The Morgan fingerprint density at radius 3 is 2.54 bits per heavy atom. The SMILES string of the molecule is O=C(CSCC(=O)N1CCOCC1)NCC1(c2cccc(F)c2)CCOCC1. The van der Waals surface area contributed by atoms with Crippen LogP contribution in [-0.2, 0) is 24.5 Å². The number of benzene rings is 1. The molecule has 0 aliphatic carbocycles. The number of hydrogen-bond acceptors (Lipinski definition) is 5. The first-order chi connectivity index (χ1) is 13.6. The predicted octanol–water partition coefficient (Wildman–Crippen LogP) is 1.58. The average Bonchev–Trinajstić information content (AvgIpc) is 2.73. The summed E-state index contributed by atoms with van der Waals surface area (Å²) in [5.41, 5.74) is 0.579. The minimum atomic E-state index is -0.315. The Morgan fingerprint density at radius 1 is 1.11 bits per heavy atom. The van der Waals surface area contributed by atoms with Crippen molar-refractivity contribution in [3.63, 3.8) is 0 Å². The Morgan fingerprint density at radius 2 is 1.82 bits per heavy atom. The molecular weight excluding hydrogens is 383 g/mol. The number of hydrogen-bond donors (Lipinski definition) is 1. The molecule has 2 aliphatic rings. The number of halogens is 1. The molecule has 0 saturated carbocycles. The van der Waals surface area contributed by atoms with Gasteiger partial charge in [0.05, 0.1) is 24.7 Å². The molecule has 2 aliphatic heterocycles. The molecule has 2 heterocycles. The summed E-state index contributed by atoms with van der Waals surface area (Å²) >= 11 is 1.32. The van der Waals surface area contributed by atoms with Gasteiger partial charge in [0, 0.05) is 38.3 Å². The van der Waals surface area contributed by atoms with Gasteiger partial charge in [0.1, 0.15) is 5.82 Å². The van der Waals surface area contributed by atoms with Gasteiger partial charge in [-0.3, -0.25) is 9.59 Å². The van der Waals surface area contributed by atoms with E-state index in [0.717, 1.165) is 18.4 Å². The lowest BCUT2D eigenvalue weighted by molar-refractivity contribution is -0.132. The molecule has 1 aromatic rings. The molecule has 3 rings (SSSR count). The maximum atomic E-state index is 13.7. The van der Waals surface area contributed by atoms with Gasteiger partial charge in [0.25, 0.3) is 0 Å². The van der Waals surface area contributed by atoms with E-state index in [9.17, 15) is 14.0 Å². The zero-order chi connectivity index (χ0) is 19.8. The number of nitrogens with one attached hydrogen (secondary N) is 1. The summed E-state index contributed by atoms with van der Waals surface area (Å²) in [6, 6.07) is 6.59. The van der Waals surface area contributed by atoms with E-state index >= 15 is 0 Å². The minimum Gasteiger partial charge on any atom is -0.381 e. The molecule has 0 spiro atoms. The van der Waals surface area contributed by atoms with Crippen LogP contribution in [-0.4, -0.2) is 74.3 Å². The fourth-order valence-corrected chi connectivity index (χ4v) is 4.35. The first-order valence-electron chi connectivity index (χ1n) is 9.63. The average molecular weight is 411 g/mol. The molecule has 2 saturated heterocycles. The molecule has 28 heavy (non-hydrogen) atoms. The lowest BCUT2D eigenvalue weighted by atomic mass is 9.74. The van der Waals surface area contributed by atoms with Gasteiger partial charge in [0.2, 0.25) is 11.8 Å². The van der Waals surface area contributed by atoms with Gasteiger partial charge in [-0.1, -0.05) is 12.1 Å². The Balaban J connectivity index is 1.48. The zero-order valence-electron chi connectivity index (χ0n) is 16.0. The highest BCUT2D eigenvalue weighted by atomic mass is 32.2. The second-order valence-electron chi connectivity index (χ2n) is 7.17. The molecule has 154 valence electrons. The summed E-state index contributed by atoms with van der Waals surface area (Å²) in [5.74, 6) is 0.179. The van der Waals surface area contributed by atoms with E-state index in [1.165, 1.54) is 17.8 Å². The highest BCUT2D eigenvalue weighted by Gasteiger charge is 2.35. The van der Waals surface area contributed by atoms with E-state index in [-0.39, 0.29) is 34.6 Å². The van der Waals surface area contributed by atoms with Gasteiger partial charge >= 0.3 is 0 Å². The largest absolute Gasteiger partial charge is 0.381 e. The minimum absolute atomic E-state index is 0.0433. The first-order valence-corrected chi connectivity index (χ1v) is 10.8. The Labute approximate surface area is 169 Å². The van der Waals surface area contributed by atoms with Crippen LogP contribution >= 0.6 is 11.8 Å². The van der Waals surface area contributed by atoms with Gasteiger partial charge in [0.15, 0.2) is 0 Å². The second-order valence-corrected chi connectivity index (χ2v) is 8.15. The van der Waals surface area contributed by atoms with Crippen LogP contribution in [0.25, 0.3) is 0 Å². The molecule has 0 atom stereocenters. The lowest BCUT2D eigenvalue weighted by Gasteiger charge is -2.38. The number of carbonyl (C=O) groups is 2. The summed E-state index contributed by atoms with van der Waals surface area (Å²) in [6.45, 7) is 4.00. The van der Waals surface area contributed by atoms with Crippen molar-refractivity contribution < 1.29 is 23.5 Å². The van der Waals surface area contributed by atoms with E-state index in [4.69, 9.17) is 9.47 Å². The van der Waals surface area contributed by atoms with Crippen LogP contribution < -0.4 is 5.32 Å². The first kappa shape index (κ1) is 21.1. The monoisotopic (exact) mass is 410 g/mol. The molecule has 0 radical (unpaired) electrons.